The van der Waals surface area contributed by atoms with E-state index in [4.69, 9.17) is 9.47 Å². The van der Waals surface area contributed by atoms with Crippen molar-refractivity contribution in [2.24, 2.45) is 5.92 Å². The molecule has 1 saturated heterocycles. The summed E-state index contributed by atoms with van der Waals surface area (Å²) in [4.78, 5) is 0. The van der Waals surface area contributed by atoms with Gasteiger partial charge in [-0.3, -0.25) is 0 Å². The van der Waals surface area contributed by atoms with Crippen LogP contribution in [-0.4, -0.2) is 13.2 Å². The molecule has 0 aliphatic carbocycles. The van der Waals surface area contributed by atoms with Crippen molar-refractivity contribution < 1.29 is 9.47 Å². The van der Waals surface area contributed by atoms with Crippen LogP contribution in [0.15, 0.2) is 60.7 Å². The number of rotatable bonds is 2. The van der Waals surface area contributed by atoms with E-state index in [1.54, 1.807) is 0 Å². The van der Waals surface area contributed by atoms with Gasteiger partial charge in [0, 0.05) is 11.1 Å². The van der Waals surface area contributed by atoms with Crippen LogP contribution < -0.4 is 0 Å². The van der Waals surface area contributed by atoms with Crippen molar-refractivity contribution in [2.75, 3.05) is 13.2 Å². The molecule has 1 aliphatic heterocycles. The molecule has 2 nitrogen and oxygen atoms in total. The highest BCUT2D eigenvalue weighted by atomic mass is 16.7. The highest BCUT2D eigenvalue weighted by Crippen LogP contribution is 2.37. The normalized spacial score (nSPS) is 22.2. The van der Waals surface area contributed by atoms with Crippen LogP contribution in [-0.2, 0) is 15.3 Å². The maximum Gasteiger partial charge on any atom is 0.222 e. The molecule has 0 radical (unpaired) electrons. The molecule has 1 atom stereocenters. The Bertz CT molecular complexity index is 511. The molecule has 2 aromatic carbocycles. The molecule has 1 unspecified atom stereocenters. The number of benzene rings is 2. The molecule has 21 heavy (non-hydrogen) atoms. The molecule has 2 heteroatoms. The van der Waals surface area contributed by atoms with Crippen LogP contribution >= 0.6 is 0 Å². The summed E-state index contributed by atoms with van der Waals surface area (Å²) in [5.74, 6) is -0.224. The summed E-state index contributed by atoms with van der Waals surface area (Å²) in [6.07, 6.45) is 2.23. The van der Waals surface area contributed by atoms with E-state index in [9.17, 15) is 0 Å². The number of hydrogen-bond acceptors (Lipinski definition) is 2. The zero-order chi connectivity index (χ0) is 14.5. The molecule has 1 fully saturated rings. The Kier molecular flexibility index (Phi) is 4.37. The predicted molar refractivity (Wildman–Crippen MR) is 84.0 cm³/mol. The number of hydrogen-bond donors (Lipinski definition) is 0. The van der Waals surface area contributed by atoms with E-state index in [0.29, 0.717) is 19.1 Å². The summed E-state index contributed by atoms with van der Waals surface area (Å²) >= 11 is 0. The van der Waals surface area contributed by atoms with Gasteiger partial charge in [0.05, 0.1) is 13.2 Å². The van der Waals surface area contributed by atoms with Gasteiger partial charge in [-0.1, -0.05) is 67.6 Å². The Morgan fingerprint density at radius 1 is 0.857 bits per heavy atom. The number of ether oxygens (including phenoxy) is 2. The van der Waals surface area contributed by atoms with Gasteiger partial charge < -0.3 is 9.47 Å². The lowest BCUT2D eigenvalue weighted by molar-refractivity contribution is -0.232. The van der Waals surface area contributed by atoms with Gasteiger partial charge >= 0.3 is 0 Å². The Morgan fingerprint density at radius 3 is 2.00 bits per heavy atom. The minimum Gasteiger partial charge on any atom is -0.342 e. The lowest BCUT2D eigenvalue weighted by Gasteiger charge is -2.37. The molecule has 2 aromatic rings. The summed E-state index contributed by atoms with van der Waals surface area (Å²) in [6, 6.07) is 20.5. The standard InChI is InChI=1S/C19H22O2/c1-16-9-8-14-20-19(21-15-16,17-10-4-2-5-11-17)18-12-6-3-7-13-18/h2-7,10-13,16H,8-9,14-15H2,1H3. The molecule has 0 bridgehead atoms. The van der Waals surface area contributed by atoms with Gasteiger partial charge in [-0.2, -0.15) is 0 Å². The first-order valence-corrected chi connectivity index (χ1v) is 7.70. The van der Waals surface area contributed by atoms with Crippen molar-refractivity contribution in [2.45, 2.75) is 25.6 Å². The average molecular weight is 282 g/mol. The largest absolute Gasteiger partial charge is 0.342 e. The zero-order valence-corrected chi connectivity index (χ0v) is 12.5. The van der Waals surface area contributed by atoms with Gasteiger partial charge in [0.15, 0.2) is 0 Å². The maximum atomic E-state index is 6.33. The second-order valence-corrected chi connectivity index (χ2v) is 5.76. The predicted octanol–water partition coefficient (Wildman–Crippen LogP) is 4.35. The average Bonchev–Trinajstić information content (AvgIpc) is 2.54. The van der Waals surface area contributed by atoms with Gasteiger partial charge in [-0.25, -0.2) is 0 Å². The van der Waals surface area contributed by atoms with Crippen LogP contribution in [0.4, 0.5) is 0 Å². The summed E-state index contributed by atoms with van der Waals surface area (Å²) in [6.45, 7) is 3.67. The van der Waals surface area contributed by atoms with Crippen molar-refractivity contribution in [1.29, 1.82) is 0 Å². The quantitative estimate of drug-likeness (QED) is 0.815. The molecular formula is C19H22O2. The minimum atomic E-state index is -0.781. The first kappa shape index (κ1) is 14.3. The summed E-state index contributed by atoms with van der Waals surface area (Å²) in [5, 5.41) is 0. The third-order valence-electron chi connectivity index (χ3n) is 4.03. The molecule has 0 spiro atoms. The van der Waals surface area contributed by atoms with Crippen molar-refractivity contribution >= 4 is 0 Å². The molecule has 1 heterocycles. The molecule has 3 rings (SSSR count). The third-order valence-corrected chi connectivity index (χ3v) is 4.03. The minimum absolute atomic E-state index is 0.556. The van der Waals surface area contributed by atoms with Crippen LogP contribution in [0.5, 0.6) is 0 Å². The van der Waals surface area contributed by atoms with Gasteiger partial charge in [0.2, 0.25) is 5.79 Å². The van der Waals surface area contributed by atoms with E-state index >= 15 is 0 Å². The maximum absolute atomic E-state index is 6.33. The smallest absolute Gasteiger partial charge is 0.222 e. The molecule has 1 aliphatic rings. The van der Waals surface area contributed by atoms with E-state index in [1.165, 1.54) is 0 Å². The van der Waals surface area contributed by atoms with Crippen LogP contribution in [0.1, 0.15) is 30.9 Å². The first-order chi connectivity index (χ1) is 10.3. The zero-order valence-electron chi connectivity index (χ0n) is 12.5. The van der Waals surface area contributed by atoms with E-state index < -0.39 is 5.79 Å². The van der Waals surface area contributed by atoms with Gasteiger partial charge in [0.1, 0.15) is 0 Å². The van der Waals surface area contributed by atoms with E-state index in [1.807, 2.05) is 36.4 Å². The Balaban J connectivity index is 2.05. The Hall–Kier alpha value is -1.64. The van der Waals surface area contributed by atoms with E-state index in [0.717, 1.165) is 24.0 Å². The molecule has 110 valence electrons. The van der Waals surface area contributed by atoms with E-state index in [-0.39, 0.29) is 0 Å². The fourth-order valence-electron chi connectivity index (χ4n) is 2.85. The monoisotopic (exact) mass is 282 g/mol. The van der Waals surface area contributed by atoms with Crippen molar-refractivity contribution in [1.82, 2.24) is 0 Å². The SMILES string of the molecule is CC1CCCOC(c2ccccc2)(c2ccccc2)OC1. The molecule has 0 aromatic heterocycles. The van der Waals surface area contributed by atoms with Gasteiger partial charge in [0.25, 0.3) is 0 Å². The van der Waals surface area contributed by atoms with Crippen molar-refractivity contribution in [3.05, 3.63) is 71.8 Å². The first-order valence-electron chi connectivity index (χ1n) is 7.70. The lowest BCUT2D eigenvalue weighted by Crippen LogP contribution is -2.37. The fraction of sp³-hybridized carbons (Fsp3) is 0.368. The van der Waals surface area contributed by atoms with Crippen molar-refractivity contribution in [3.8, 4) is 0 Å². The van der Waals surface area contributed by atoms with Crippen LogP contribution in [0.2, 0.25) is 0 Å². The van der Waals surface area contributed by atoms with Crippen LogP contribution in [0.3, 0.4) is 0 Å². The van der Waals surface area contributed by atoms with Crippen LogP contribution in [0.25, 0.3) is 0 Å². The Labute approximate surface area is 126 Å². The highest BCUT2D eigenvalue weighted by molar-refractivity contribution is 5.33. The molecule has 0 saturated carbocycles. The second-order valence-electron chi connectivity index (χ2n) is 5.76. The molecular weight excluding hydrogens is 260 g/mol. The fourth-order valence-corrected chi connectivity index (χ4v) is 2.85. The van der Waals surface area contributed by atoms with E-state index in [2.05, 4.69) is 31.2 Å². The van der Waals surface area contributed by atoms with Gasteiger partial charge in [-0.05, 0) is 18.8 Å². The molecule has 0 N–H and O–H groups in total. The van der Waals surface area contributed by atoms with Crippen molar-refractivity contribution in [3.63, 3.8) is 0 Å². The Morgan fingerprint density at radius 2 is 1.43 bits per heavy atom. The lowest BCUT2D eigenvalue weighted by atomic mass is 9.95. The second kappa shape index (κ2) is 6.42. The topological polar surface area (TPSA) is 18.5 Å². The summed E-state index contributed by atoms with van der Waals surface area (Å²) in [5.41, 5.74) is 2.12. The van der Waals surface area contributed by atoms with Crippen LogP contribution in [0, 0.1) is 5.92 Å². The highest BCUT2D eigenvalue weighted by Gasteiger charge is 2.37. The summed E-state index contributed by atoms with van der Waals surface area (Å²) in [7, 11) is 0. The van der Waals surface area contributed by atoms with Gasteiger partial charge in [-0.15, -0.1) is 0 Å². The molecule has 0 amide bonds. The summed E-state index contributed by atoms with van der Waals surface area (Å²) < 4.78 is 12.6. The third kappa shape index (κ3) is 3.02.